The number of rotatable bonds is 5. The van der Waals surface area contributed by atoms with Crippen molar-refractivity contribution >= 4 is 10.9 Å². The molecule has 0 unspecified atom stereocenters. The number of H-pyrrole nitrogens is 1. The van der Waals surface area contributed by atoms with E-state index in [9.17, 15) is 4.39 Å². The molecule has 1 fully saturated rings. The van der Waals surface area contributed by atoms with Crippen LogP contribution in [0.4, 0.5) is 4.39 Å². The lowest BCUT2D eigenvalue weighted by Gasteiger charge is -2.03. The fourth-order valence-electron chi connectivity index (χ4n) is 2.54. The summed E-state index contributed by atoms with van der Waals surface area (Å²) in [5, 5.41) is 4.69. The Morgan fingerprint density at radius 3 is 3.00 bits per heavy atom. The summed E-state index contributed by atoms with van der Waals surface area (Å²) in [6.45, 7) is 3.15. The highest BCUT2D eigenvalue weighted by Gasteiger charge is 2.19. The summed E-state index contributed by atoms with van der Waals surface area (Å²) in [6.07, 6.45) is 4.87. The summed E-state index contributed by atoms with van der Waals surface area (Å²) in [7, 11) is 0. The standard InChI is InChI=1S/C15H19FN2/c1-10-13(3-2-8-17-12-5-6-12)14-7-4-11(16)9-15(14)18-10/h4,7,9,12,17-18H,2-3,5-6,8H2,1H3. The van der Waals surface area contributed by atoms with Crippen LogP contribution in [0.2, 0.25) is 0 Å². The molecule has 1 aliphatic carbocycles. The molecule has 3 rings (SSSR count). The first-order valence-corrected chi connectivity index (χ1v) is 6.74. The van der Waals surface area contributed by atoms with Gasteiger partial charge >= 0.3 is 0 Å². The van der Waals surface area contributed by atoms with Crippen LogP contribution in [0.1, 0.15) is 30.5 Å². The van der Waals surface area contributed by atoms with Crippen molar-refractivity contribution in [3.63, 3.8) is 0 Å². The van der Waals surface area contributed by atoms with Crippen LogP contribution in [0.25, 0.3) is 10.9 Å². The van der Waals surface area contributed by atoms with Gasteiger partial charge in [-0.3, -0.25) is 0 Å². The third kappa shape index (κ3) is 2.41. The summed E-state index contributed by atoms with van der Waals surface area (Å²) in [6, 6.07) is 5.79. The number of nitrogens with one attached hydrogen (secondary N) is 2. The summed E-state index contributed by atoms with van der Waals surface area (Å²) >= 11 is 0. The fraction of sp³-hybridized carbons (Fsp3) is 0.467. The predicted octanol–water partition coefficient (Wildman–Crippen LogP) is 3.30. The molecular weight excluding hydrogens is 227 g/mol. The number of hydrogen-bond donors (Lipinski definition) is 2. The Bertz CT molecular complexity index is 555. The highest BCUT2D eigenvalue weighted by Crippen LogP contribution is 2.24. The van der Waals surface area contributed by atoms with Crippen LogP contribution < -0.4 is 5.32 Å². The van der Waals surface area contributed by atoms with Crippen molar-refractivity contribution in [3.8, 4) is 0 Å². The monoisotopic (exact) mass is 246 g/mol. The molecule has 96 valence electrons. The first kappa shape index (κ1) is 11.7. The van der Waals surface area contributed by atoms with Gasteiger partial charge in [0.15, 0.2) is 0 Å². The van der Waals surface area contributed by atoms with Gasteiger partial charge in [0.1, 0.15) is 5.82 Å². The molecular formula is C15H19FN2. The SMILES string of the molecule is Cc1[nH]c2cc(F)ccc2c1CCCNC1CC1. The van der Waals surface area contributed by atoms with Crippen molar-refractivity contribution in [3.05, 3.63) is 35.3 Å². The van der Waals surface area contributed by atoms with Crippen molar-refractivity contribution in [1.29, 1.82) is 0 Å². The summed E-state index contributed by atoms with van der Waals surface area (Å²) in [5.41, 5.74) is 3.42. The van der Waals surface area contributed by atoms with Gasteiger partial charge in [-0.25, -0.2) is 4.39 Å². The molecule has 2 nitrogen and oxygen atoms in total. The molecule has 2 N–H and O–H groups in total. The zero-order valence-electron chi connectivity index (χ0n) is 10.7. The lowest BCUT2D eigenvalue weighted by molar-refractivity contribution is 0.629. The third-order valence-electron chi connectivity index (χ3n) is 3.70. The molecule has 18 heavy (non-hydrogen) atoms. The molecule has 0 saturated heterocycles. The maximum Gasteiger partial charge on any atom is 0.125 e. The average molecular weight is 246 g/mol. The molecule has 0 amide bonds. The second-order valence-electron chi connectivity index (χ2n) is 5.25. The topological polar surface area (TPSA) is 27.8 Å². The third-order valence-corrected chi connectivity index (χ3v) is 3.70. The van der Waals surface area contributed by atoms with Gasteiger partial charge in [0, 0.05) is 22.6 Å². The van der Waals surface area contributed by atoms with Crippen LogP contribution in [-0.2, 0) is 6.42 Å². The molecule has 0 aliphatic heterocycles. The van der Waals surface area contributed by atoms with Gasteiger partial charge in [0.25, 0.3) is 0 Å². The van der Waals surface area contributed by atoms with E-state index >= 15 is 0 Å². The minimum Gasteiger partial charge on any atom is -0.358 e. The number of benzene rings is 1. The molecule has 0 atom stereocenters. The van der Waals surface area contributed by atoms with Gasteiger partial charge in [-0.05, 0) is 62.9 Å². The van der Waals surface area contributed by atoms with E-state index in [1.54, 1.807) is 12.1 Å². The van der Waals surface area contributed by atoms with Crippen LogP contribution in [0.15, 0.2) is 18.2 Å². The quantitative estimate of drug-likeness (QED) is 0.778. The molecule has 1 aromatic carbocycles. The number of hydrogen-bond acceptors (Lipinski definition) is 1. The molecule has 3 heteroatoms. The van der Waals surface area contributed by atoms with Crippen molar-refractivity contribution in [2.45, 2.75) is 38.6 Å². The summed E-state index contributed by atoms with van der Waals surface area (Å²) in [5.74, 6) is -0.175. The average Bonchev–Trinajstić information content (AvgIpc) is 3.10. The van der Waals surface area contributed by atoms with E-state index in [2.05, 4.69) is 17.2 Å². The first-order valence-electron chi connectivity index (χ1n) is 6.74. The lowest BCUT2D eigenvalue weighted by Crippen LogP contribution is -2.17. The van der Waals surface area contributed by atoms with E-state index in [4.69, 9.17) is 0 Å². The van der Waals surface area contributed by atoms with Crippen LogP contribution >= 0.6 is 0 Å². The predicted molar refractivity (Wildman–Crippen MR) is 72.3 cm³/mol. The lowest BCUT2D eigenvalue weighted by atomic mass is 10.1. The normalized spacial score (nSPS) is 15.4. The molecule has 2 aromatic rings. The Labute approximate surface area is 107 Å². The number of aryl methyl sites for hydroxylation is 2. The molecule has 1 saturated carbocycles. The Hall–Kier alpha value is -1.35. The number of fused-ring (bicyclic) bond motifs is 1. The van der Waals surface area contributed by atoms with Crippen molar-refractivity contribution in [2.75, 3.05) is 6.54 Å². The van der Waals surface area contributed by atoms with Crippen LogP contribution in [-0.4, -0.2) is 17.6 Å². The minimum absolute atomic E-state index is 0.175. The zero-order chi connectivity index (χ0) is 12.5. The molecule has 1 aromatic heterocycles. The largest absolute Gasteiger partial charge is 0.358 e. The van der Waals surface area contributed by atoms with E-state index in [1.165, 1.54) is 29.5 Å². The van der Waals surface area contributed by atoms with Gasteiger partial charge in [-0.2, -0.15) is 0 Å². The zero-order valence-corrected chi connectivity index (χ0v) is 10.7. The Morgan fingerprint density at radius 1 is 1.39 bits per heavy atom. The summed E-state index contributed by atoms with van der Waals surface area (Å²) in [4.78, 5) is 3.27. The number of aromatic nitrogens is 1. The smallest absolute Gasteiger partial charge is 0.125 e. The maximum absolute atomic E-state index is 13.1. The molecule has 0 spiro atoms. The second kappa shape index (κ2) is 4.73. The maximum atomic E-state index is 13.1. The van der Waals surface area contributed by atoms with Crippen molar-refractivity contribution in [2.24, 2.45) is 0 Å². The minimum atomic E-state index is -0.175. The van der Waals surface area contributed by atoms with E-state index in [0.29, 0.717) is 0 Å². The molecule has 1 aliphatic rings. The van der Waals surface area contributed by atoms with Gasteiger partial charge < -0.3 is 10.3 Å². The fourth-order valence-corrected chi connectivity index (χ4v) is 2.54. The van der Waals surface area contributed by atoms with Gasteiger partial charge in [0.2, 0.25) is 0 Å². The molecule has 0 bridgehead atoms. The molecule has 1 heterocycles. The highest BCUT2D eigenvalue weighted by atomic mass is 19.1. The van der Waals surface area contributed by atoms with E-state index in [0.717, 1.165) is 30.9 Å². The molecule has 0 radical (unpaired) electrons. The van der Waals surface area contributed by atoms with Crippen LogP contribution in [0.3, 0.4) is 0 Å². The number of halogens is 1. The summed E-state index contributed by atoms with van der Waals surface area (Å²) < 4.78 is 13.1. The van der Waals surface area contributed by atoms with Crippen LogP contribution in [0, 0.1) is 12.7 Å². The Kier molecular flexibility index (Phi) is 3.08. The van der Waals surface area contributed by atoms with E-state index in [-0.39, 0.29) is 5.82 Å². The number of aromatic amines is 1. The highest BCUT2D eigenvalue weighted by molar-refractivity contribution is 5.84. The van der Waals surface area contributed by atoms with E-state index < -0.39 is 0 Å². The first-order chi connectivity index (χ1) is 8.74. The van der Waals surface area contributed by atoms with E-state index in [1.807, 2.05) is 6.07 Å². The Balaban J connectivity index is 1.71. The van der Waals surface area contributed by atoms with Gasteiger partial charge in [-0.15, -0.1) is 0 Å². The van der Waals surface area contributed by atoms with Gasteiger partial charge in [0.05, 0.1) is 0 Å². The van der Waals surface area contributed by atoms with Crippen molar-refractivity contribution in [1.82, 2.24) is 10.3 Å². The van der Waals surface area contributed by atoms with Crippen LogP contribution in [0.5, 0.6) is 0 Å². The van der Waals surface area contributed by atoms with Gasteiger partial charge in [-0.1, -0.05) is 0 Å². The Morgan fingerprint density at radius 2 is 2.22 bits per heavy atom. The second-order valence-corrected chi connectivity index (χ2v) is 5.25. The van der Waals surface area contributed by atoms with Crippen molar-refractivity contribution < 1.29 is 4.39 Å².